The second-order valence-corrected chi connectivity index (χ2v) is 7.51. The molecular formula is C13H12N2O3S2. The van der Waals surface area contributed by atoms with Gasteiger partial charge in [0.05, 0.1) is 10.6 Å². The van der Waals surface area contributed by atoms with E-state index in [0.717, 1.165) is 5.56 Å². The van der Waals surface area contributed by atoms with Crippen LogP contribution in [-0.2, 0) is 16.3 Å². The minimum Gasteiger partial charge on any atom is -0.298 e. The maximum Gasteiger partial charge on any atom is 0.257 e. The molecule has 0 saturated heterocycles. The monoisotopic (exact) mass is 308 g/mol. The topological polar surface area (TPSA) is 76.1 Å². The second kappa shape index (κ2) is 4.99. The van der Waals surface area contributed by atoms with Gasteiger partial charge in [0.1, 0.15) is 0 Å². The Morgan fingerprint density at radius 2 is 2.20 bits per heavy atom. The Labute approximate surface area is 120 Å². The molecule has 3 rings (SSSR count). The third kappa shape index (κ3) is 2.46. The van der Waals surface area contributed by atoms with Gasteiger partial charge in [-0.15, -0.1) is 11.3 Å². The number of carbonyl (C=O) groups is 1. The fourth-order valence-corrected chi connectivity index (χ4v) is 4.34. The average Bonchev–Trinajstić information content (AvgIpc) is 2.90. The van der Waals surface area contributed by atoms with Gasteiger partial charge in [0, 0.05) is 17.1 Å². The SMILES string of the molecule is O=C(Nc1nccs1)c1ccc2c(c1)CCCS2(=O)=O. The molecule has 2 aromatic rings. The van der Waals surface area contributed by atoms with Crippen LogP contribution in [0.5, 0.6) is 0 Å². The number of amides is 1. The molecule has 0 saturated carbocycles. The van der Waals surface area contributed by atoms with Gasteiger partial charge in [0.25, 0.3) is 5.91 Å². The summed E-state index contributed by atoms with van der Waals surface area (Å²) < 4.78 is 23.8. The van der Waals surface area contributed by atoms with Crippen LogP contribution in [-0.4, -0.2) is 25.1 Å². The molecule has 0 fully saturated rings. The summed E-state index contributed by atoms with van der Waals surface area (Å²) in [5, 5.41) is 4.99. The first-order chi connectivity index (χ1) is 9.56. The molecule has 20 heavy (non-hydrogen) atoms. The van der Waals surface area contributed by atoms with E-state index in [2.05, 4.69) is 10.3 Å². The fourth-order valence-electron chi connectivity index (χ4n) is 2.24. The summed E-state index contributed by atoms with van der Waals surface area (Å²) >= 11 is 1.34. The molecule has 5 nitrogen and oxygen atoms in total. The maximum absolute atomic E-state index is 12.1. The molecule has 0 spiro atoms. The van der Waals surface area contributed by atoms with Gasteiger partial charge < -0.3 is 0 Å². The zero-order valence-electron chi connectivity index (χ0n) is 10.5. The van der Waals surface area contributed by atoms with Crippen molar-refractivity contribution in [1.82, 2.24) is 4.98 Å². The predicted octanol–water partition coefficient (Wildman–Crippen LogP) is 2.12. The lowest BCUT2D eigenvalue weighted by Crippen LogP contribution is -2.18. The molecular weight excluding hydrogens is 296 g/mol. The summed E-state index contributed by atoms with van der Waals surface area (Å²) in [6.07, 6.45) is 2.90. The summed E-state index contributed by atoms with van der Waals surface area (Å²) in [5.41, 5.74) is 1.18. The van der Waals surface area contributed by atoms with Crippen LogP contribution in [0, 0.1) is 0 Å². The summed E-state index contributed by atoms with van der Waals surface area (Å²) in [4.78, 5) is 16.4. The van der Waals surface area contributed by atoms with Crippen LogP contribution in [0.25, 0.3) is 0 Å². The van der Waals surface area contributed by atoms with E-state index in [-0.39, 0.29) is 11.7 Å². The van der Waals surface area contributed by atoms with E-state index in [4.69, 9.17) is 0 Å². The number of benzene rings is 1. The molecule has 1 aromatic carbocycles. The first-order valence-corrected chi connectivity index (χ1v) is 8.66. The van der Waals surface area contributed by atoms with Crippen LogP contribution < -0.4 is 5.32 Å². The van der Waals surface area contributed by atoms with E-state index in [1.807, 2.05) is 0 Å². The standard InChI is InChI=1S/C13H12N2O3S2/c16-12(15-13-14-5-6-19-13)10-3-4-11-9(8-10)2-1-7-20(11,17)18/h3-6,8H,1-2,7H2,(H,14,15,16). The van der Waals surface area contributed by atoms with Crippen molar-refractivity contribution in [2.24, 2.45) is 0 Å². The van der Waals surface area contributed by atoms with Crippen molar-refractivity contribution < 1.29 is 13.2 Å². The van der Waals surface area contributed by atoms with Crippen LogP contribution in [0.3, 0.4) is 0 Å². The summed E-state index contributed by atoms with van der Waals surface area (Å²) in [5.74, 6) is -0.0873. The number of anilines is 1. The highest BCUT2D eigenvalue weighted by molar-refractivity contribution is 7.91. The minimum absolute atomic E-state index is 0.185. The molecule has 0 aliphatic carbocycles. The minimum atomic E-state index is -3.18. The van der Waals surface area contributed by atoms with Crippen molar-refractivity contribution in [3.05, 3.63) is 40.9 Å². The number of sulfone groups is 1. The number of thiazole rings is 1. The van der Waals surface area contributed by atoms with Crippen molar-refractivity contribution in [1.29, 1.82) is 0 Å². The van der Waals surface area contributed by atoms with E-state index in [9.17, 15) is 13.2 Å². The largest absolute Gasteiger partial charge is 0.298 e. The van der Waals surface area contributed by atoms with Crippen molar-refractivity contribution >= 4 is 32.2 Å². The van der Waals surface area contributed by atoms with Gasteiger partial charge in [-0.2, -0.15) is 0 Å². The molecule has 104 valence electrons. The third-order valence-corrected chi connectivity index (χ3v) is 5.75. The van der Waals surface area contributed by atoms with Crippen LogP contribution in [0.2, 0.25) is 0 Å². The van der Waals surface area contributed by atoms with Gasteiger partial charge in [-0.25, -0.2) is 13.4 Å². The maximum atomic E-state index is 12.1. The first-order valence-electron chi connectivity index (χ1n) is 6.13. The lowest BCUT2D eigenvalue weighted by atomic mass is 10.1. The molecule has 0 bridgehead atoms. The van der Waals surface area contributed by atoms with E-state index >= 15 is 0 Å². The average molecular weight is 308 g/mol. The van der Waals surface area contributed by atoms with Crippen molar-refractivity contribution in [3.63, 3.8) is 0 Å². The number of carbonyl (C=O) groups excluding carboxylic acids is 1. The first kappa shape index (κ1) is 13.3. The predicted molar refractivity (Wildman–Crippen MR) is 76.9 cm³/mol. The van der Waals surface area contributed by atoms with Gasteiger partial charge in [-0.1, -0.05) is 0 Å². The van der Waals surface area contributed by atoms with Gasteiger partial charge >= 0.3 is 0 Å². The summed E-state index contributed by atoms with van der Waals surface area (Å²) in [6.45, 7) is 0. The van der Waals surface area contributed by atoms with Gasteiger partial charge in [0.2, 0.25) is 0 Å². The van der Waals surface area contributed by atoms with Crippen molar-refractivity contribution in [2.75, 3.05) is 11.1 Å². The molecule has 2 heterocycles. The molecule has 0 atom stereocenters. The number of rotatable bonds is 2. The van der Waals surface area contributed by atoms with E-state index in [1.165, 1.54) is 17.4 Å². The number of aromatic nitrogens is 1. The normalized spacial score (nSPS) is 16.4. The highest BCUT2D eigenvalue weighted by Crippen LogP contribution is 2.26. The van der Waals surface area contributed by atoms with Gasteiger partial charge in [-0.3, -0.25) is 10.1 Å². The quantitative estimate of drug-likeness (QED) is 0.922. The van der Waals surface area contributed by atoms with Crippen molar-refractivity contribution in [2.45, 2.75) is 17.7 Å². The summed E-state index contributed by atoms with van der Waals surface area (Å²) in [6, 6.07) is 4.74. The lowest BCUT2D eigenvalue weighted by Gasteiger charge is -2.16. The second-order valence-electron chi connectivity index (χ2n) is 4.54. The van der Waals surface area contributed by atoms with E-state index in [0.29, 0.717) is 28.4 Å². The Morgan fingerprint density at radius 3 is 2.95 bits per heavy atom. The summed E-state index contributed by atoms with van der Waals surface area (Å²) in [7, 11) is -3.18. The number of hydrogen-bond acceptors (Lipinski definition) is 5. The lowest BCUT2D eigenvalue weighted by molar-refractivity contribution is 0.102. The molecule has 1 amide bonds. The molecule has 1 aliphatic rings. The van der Waals surface area contributed by atoms with Crippen LogP contribution in [0.15, 0.2) is 34.7 Å². The van der Waals surface area contributed by atoms with Crippen LogP contribution in [0.4, 0.5) is 5.13 Å². The molecule has 1 aliphatic heterocycles. The van der Waals surface area contributed by atoms with E-state index < -0.39 is 9.84 Å². The number of hydrogen-bond donors (Lipinski definition) is 1. The number of nitrogens with one attached hydrogen (secondary N) is 1. The van der Waals surface area contributed by atoms with Crippen LogP contribution in [0.1, 0.15) is 22.3 Å². The molecule has 0 unspecified atom stereocenters. The smallest absolute Gasteiger partial charge is 0.257 e. The third-order valence-electron chi connectivity index (χ3n) is 3.17. The van der Waals surface area contributed by atoms with Gasteiger partial charge in [-0.05, 0) is 36.6 Å². The molecule has 1 aromatic heterocycles. The Hall–Kier alpha value is -1.73. The van der Waals surface area contributed by atoms with Crippen molar-refractivity contribution in [3.8, 4) is 0 Å². The molecule has 0 radical (unpaired) electrons. The Bertz CT molecular complexity index is 752. The Morgan fingerprint density at radius 1 is 1.35 bits per heavy atom. The Balaban J connectivity index is 1.91. The van der Waals surface area contributed by atoms with Gasteiger partial charge in [0.15, 0.2) is 15.0 Å². The zero-order valence-corrected chi connectivity index (χ0v) is 12.1. The number of aryl methyl sites for hydroxylation is 1. The zero-order chi connectivity index (χ0) is 14.2. The Kier molecular flexibility index (Phi) is 3.31. The fraction of sp³-hybridized carbons (Fsp3) is 0.231. The number of fused-ring (bicyclic) bond motifs is 1. The highest BCUT2D eigenvalue weighted by Gasteiger charge is 2.24. The highest BCUT2D eigenvalue weighted by atomic mass is 32.2. The van der Waals surface area contributed by atoms with Crippen LogP contribution >= 0.6 is 11.3 Å². The number of nitrogens with zero attached hydrogens (tertiary/aromatic N) is 1. The molecule has 1 N–H and O–H groups in total. The van der Waals surface area contributed by atoms with E-state index in [1.54, 1.807) is 23.7 Å². The molecule has 7 heteroatoms.